The van der Waals surface area contributed by atoms with E-state index in [1.807, 2.05) is 30.3 Å². The lowest BCUT2D eigenvalue weighted by Gasteiger charge is -2.23. The maximum absolute atomic E-state index is 12.5. The average molecular weight is 314 g/mol. The van der Waals surface area contributed by atoms with E-state index in [9.17, 15) is 4.79 Å². The Kier molecular flexibility index (Phi) is 4.25. The molecule has 4 heteroatoms. The van der Waals surface area contributed by atoms with Gasteiger partial charge in [0.2, 0.25) is 5.91 Å². The van der Waals surface area contributed by atoms with E-state index >= 15 is 0 Å². The molecule has 1 aromatic rings. The summed E-state index contributed by atoms with van der Waals surface area (Å²) in [7, 11) is 0. The summed E-state index contributed by atoms with van der Waals surface area (Å²) in [6.45, 7) is 4.61. The van der Waals surface area contributed by atoms with Gasteiger partial charge in [0.15, 0.2) is 0 Å². The Bertz CT molecular complexity index is 542. The third kappa shape index (κ3) is 3.23. The van der Waals surface area contributed by atoms with E-state index in [2.05, 4.69) is 9.80 Å². The van der Waals surface area contributed by atoms with Gasteiger partial charge in [-0.05, 0) is 56.8 Å². The van der Waals surface area contributed by atoms with E-state index in [1.165, 1.54) is 19.3 Å². The minimum Gasteiger partial charge on any atom is -0.490 e. The molecule has 0 aromatic heterocycles. The van der Waals surface area contributed by atoms with Gasteiger partial charge < -0.3 is 9.64 Å². The molecule has 0 spiro atoms. The van der Waals surface area contributed by atoms with Gasteiger partial charge in [-0.3, -0.25) is 9.69 Å². The van der Waals surface area contributed by atoms with Gasteiger partial charge in [0.05, 0.1) is 6.54 Å². The van der Waals surface area contributed by atoms with Crippen LogP contribution < -0.4 is 4.74 Å². The molecule has 4 nitrogen and oxygen atoms in total. The second kappa shape index (κ2) is 6.52. The zero-order valence-electron chi connectivity index (χ0n) is 13.7. The van der Waals surface area contributed by atoms with Crippen molar-refractivity contribution in [3.63, 3.8) is 0 Å². The molecule has 1 aliphatic carbocycles. The van der Waals surface area contributed by atoms with E-state index in [1.54, 1.807) is 0 Å². The zero-order valence-corrected chi connectivity index (χ0v) is 13.7. The third-order valence-corrected chi connectivity index (χ3v) is 5.73. The summed E-state index contributed by atoms with van der Waals surface area (Å²) in [6, 6.07) is 10.1. The Hall–Kier alpha value is -1.55. The SMILES string of the molecule is O=C(CN1CCCC1)N1C[C@@H]2CC[C@H](Oc3ccccc3)[C@@H]2C1. The van der Waals surface area contributed by atoms with Gasteiger partial charge in [0, 0.05) is 19.0 Å². The largest absolute Gasteiger partial charge is 0.490 e. The fraction of sp³-hybridized carbons (Fsp3) is 0.632. The molecular formula is C19H26N2O2. The molecule has 4 rings (SSSR count). The summed E-state index contributed by atoms with van der Waals surface area (Å²) in [4.78, 5) is 16.9. The molecule has 0 radical (unpaired) electrons. The normalized spacial score (nSPS) is 30.6. The van der Waals surface area contributed by atoms with Crippen LogP contribution in [0.25, 0.3) is 0 Å². The van der Waals surface area contributed by atoms with Crippen molar-refractivity contribution >= 4 is 5.91 Å². The van der Waals surface area contributed by atoms with Crippen molar-refractivity contribution in [2.75, 3.05) is 32.7 Å². The molecule has 1 saturated carbocycles. The molecule has 0 N–H and O–H groups in total. The number of ether oxygens (including phenoxy) is 1. The van der Waals surface area contributed by atoms with Gasteiger partial charge >= 0.3 is 0 Å². The topological polar surface area (TPSA) is 32.8 Å². The van der Waals surface area contributed by atoms with Gasteiger partial charge in [0.1, 0.15) is 11.9 Å². The van der Waals surface area contributed by atoms with Gasteiger partial charge in [-0.2, -0.15) is 0 Å². The molecular weight excluding hydrogens is 288 g/mol. The summed E-state index contributed by atoms with van der Waals surface area (Å²) in [5, 5.41) is 0. The lowest BCUT2D eigenvalue weighted by Crippen LogP contribution is -2.39. The van der Waals surface area contributed by atoms with Crippen LogP contribution >= 0.6 is 0 Å². The maximum Gasteiger partial charge on any atom is 0.236 e. The number of benzene rings is 1. The fourth-order valence-corrected chi connectivity index (χ4v) is 4.47. The summed E-state index contributed by atoms with van der Waals surface area (Å²) in [5.41, 5.74) is 0. The van der Waals surface area contributed by atoms with Gasteiger partial charge in [0.25, 0.3) is 0 Å². The number of para-hydroxylation sites is 1. The second-order valence-electron chi connectivity index (χ2n) is 7.25. The van der Waals surface area contributed by atoms with Crippen molar-refractivity contribution < 1.29 is 9.53 Å². The summed E-state index contributed by atoms with van der Waals surface area (Å²) >= 11 is 0. The fourth-order valence-electron chi connectivity index (χ4n) is 4.47. The standard InChI is InChI=1S/C19H26N2O2/c22-19(14-20-10-4-5-11-20)21-12-15-8-9-18(17(15)13-21)23-16-6-2-1-3-7-16/h1-3,6-7,15,17-18H,4-5,8-14H2/t15-,17+,18-/m0/s1. The Morgan fingerprint density at radius 1 is 1.09 bits per heavy atom. The van der Waals surface area contributed by atoms with E-state index in [0.29, 0.717) is 24.3 Å². The lowest BCUT2D eigenvalue weighted by molar-refractivity contribution is -0.131. The minimum atomic E-state index is 0.270. The van der Waals surface area contributed by atoms with Crippen molar-refractivity contribution in [2.24, 2.45) is 11.8 Å². The first-order valence-electron chi connectivity index (χ1n) is 9.01. The molecule has 3 fully saturated rings. The molecule has 1 aromatic carbocycles. The zero-order chi connectivity index (χ0) is 15.6. The summed E-state index contributed by atoms with van der Waals surface area (Å²) < 4.78 is 6.20. The van der Waals surface area contributed by atoms with Gasteiger partial charge in [-0.1, -0.05) is 18.2 Å². The number of rotatable bonds is 4. The van der Waals surface area contributed by atoms with E-state index in [-0.39, 0.29) is 6.10 Å². The molecule has 0 unspecified atom stereocenters. The third-order valence-electron chi connectivity index (χ3n) is 5.73. The van der Waals surface area contributed by atoms with Crippen LogP contribution in [0.2, 0.25) is 0 Å². The van der Waals surface area contributed by atoms with Crippen LogP contribution in [0.5, 0.6) is 5.75 Å². The number of likely N-dealkylation sites (tertiary alicyclic amines) is 2. The molecule has 1 amide bonds. The predicted molar refractivity (Wildman–Crippen MR) is 89.3 cm³/mol. The lowest BCUT2D eigenvalue weighted by atomic mass is 9.99. The molecule has 124 valence electrons. The smallest absolute Gasteiger partial charge is 0.236 e. The highest BCUT2D eigenvalue weighted by molar-refractivity contribution is 5.78. The van der Waals surface area contributed by atoms with Gasteiger partial charge in [-0.15, -0.1) is 0 Å². The molecule has 2 saturated heterocycles. The van der Waals surface area contributed by atoms with Crippen LogP contribution in [0.1, 0.15) is 25.7 Å². The predicted octanol–water partition coefficient (Wildman–Crippen LogP) is 2.40. The highest BCUT2D eigenvalue weighted by atomic mass is 16.5. The van der Waals surface area contributed by atoms with Crippen molar-refractivity contribution in [1.82, 2.24) is 9.80 Å². The monoisotopic (exact) mass is 314 g/mol. The molecule has 3 aliphatic rings. The number of hydrogen-bond donors (Lipinski definition) is 0. The van der Waals surface area contributed by atoms with E-state index in [0.717, 1.165) is 38.3 Å². The molecule has 2 heterocycles. The van der Waals surface area contributed by atoms with Crippen LogP contribution in [0.3, 0.4) is 0 Å². The number of fused-ring (bicyclic) bond motifs is 1. The Balaban J connectivity index is 1.34. The second-order valence-corrected chi connectivity index (χ2v) is 7.25. The van der Waals surface area contributed by atoms with Crippen LogP contribution in [0, 0.1) is 11.8 Å². The number of hydrogen-bond acceptors (Lipinski definition) is 3. The molecule has 0 bridgehead atoms. The highest BCUT2D eigenvalue weighted by Gasteiger charge is 2.45. The van der Waals surface area contributed by atoms with E-state index < -0.39 is 0 Å². The Morgan fingerprint density at radius 3 is 2.65 bits per heavy atom. The Labute approximate surface area is 138 Å². The average Bonchev–Trinajstić information content (AvgIpc) is 3.27. The molecule has 2 aliphatic heterocycles. The highest BCUT2D eigenvalue weighted by Crippen LogP contribution is 2.40. The number of nitrogens with zero attached hydrogens (tertiary/aromatic N) is 2. The summed E-state index contributed by atoms with van der Waals surface area (Å²) in [5.74, 6) is 2.42. The molecule has 23 heavy (non-hydrogen) atoms. The summed E-state index contributed by atoms with van der Waals surface area (Å²) in [6.07, 6.45) is 5.07. The first-order chi connectivity index (χ1) is 11.3. The number of carbonyl (C=O) groups excluding carboxylic acids is 1. The van der Waals surface area contributed by atoms with Gasteiger partial charge in [-0.25, -0.2) is 0 Å². The van der Waals surface area contributed by atoms with Crippen LogP contribution in [-0.4, -0.2) is 54.5 Å². The van der Waals surface area contributed by atoms with Crippen LogP contribution in [0.4, 0.5) is 0 Å². The molecule has 3 atom stereocenters. The Morgan fingerprint density at radius 2 is 1.87 bits per heavy atom. The minimum absolute atomic E-state index is 0.270. The number of carbonyl (C=O) groups is 1. The van der Waals surface area contributed by atoms with Crippen molar-refractivity contribution in [3.05, 3.63) is 30.3 Å². The van der Waals surface area contributed by atoms with E-state index in [4.69, 9.17) is 4.74 Å². The van der Waals surface area contributed by atoms with Crippen molar-refractivity contribution in [1.29, 1.82) is 0 Å². The van der Waals surface area contributed by atoms with Crippen LogP contribution in [0.15, 0.2) is 30.3 Å². The number of amides is 1. The quantitative estimate of drug-likeness (QED) is 0.855. The van der Waals surface area contributed by atoms with Crippen molar-refractivity contribution in [2.45, 2.75) is 31.8 Å². The van der Waals surface area contributed by atoms with Crippen molar-refractivity contribution in [3.8, 4) is 5.75 Å². The first-order valence-corrected chi connectivity index (χ1v) is 9.01. The maximum atomic E-state index is 12.5. The van der Waals surface area contributed by atoms with Crippen LogP contribution in [-0.2, 0) is 4.79 Å². The first kappa shape index (κ1) is 15.0.